The first kappa shape index (κ1) is 11.9. The lowest BCUT2D eigenvalue weighted by Crippen LogP contribution is -1.89. The second-order valence-corrected chi connectivity index (χ2v) is 4.66. The zero-order chi connectivity index (χ0) is 11.7. The maximum atomic E-state index is 6.00. The Morgan fingerprint density at radius 2 is 1.06 bits per heavy atom. The number of pyridine rings is 2. The minimum atomic E-state index is 0.393. The maximum Gasteiger partial charge on any atom is 0.109 e. The van der Waals surface area contributed by atoms with Crippen LogP contribution in [0.5, 0.6) is 0 Å². The van der Waals surface area contributed by atoms with Crippen molar-refractivity contribution in [2.24, 2.45) is 0 Å². The van der Waals surface area contributed by atoms with Gasteiger partial charge in [0.1, 0.15) is 11.4 Å². The number of nitrogens with zero attached hydrogens (tertiary/aromatic N) is 2. The van der Waals surface area contributed by atoms with Crippen LogP contribution in [0.4, 0.5) is 0 Å². The number of hydrogen-bond acceptors (Lipinski definition) is 2. The third kappa shape index (κ3) is 2.41. The van der Waals surface area contributed by atoms with Crippen molar-refractivity contribution in [1.29, 1.82) is 0 Å². The third-order valence-corrected chi connectivity index (χ3v) is 2.83. The van der Waals surface area contributed by atoms with Gasteiger partial charge in [-0.25, -0.2) is 0 Å². The van der Waals surface area contributed by atoms with Crippen LogP contribution in [0.15, 0.2) is 24.5 Å². The number of halogens is 4. The first-order valence-corrected chi connectivity index (χ1v) is 5.71. The molecule has 0 amide bonds. The van der Waals surface area contributed by atoms with Crippen molar-refractivity contribution in [3.8, 4) is 11.4 Å². The molecule has 2 nitrogen and oxygen atoms in total. The van der Waals surface area contributed by atoms with Gasteiger partial charge < -0.3 is 0 Å². The van der Waals surface area contributed by atoms with Crippen molar-refractivity contribution in [2.45, 2.75) is 0 Å². The molecule has 0 atom stereocenters. The highest BCUT2D eigenvalue weighted by Crippen LogP contribution is 2.32. The van der Waals surface area contributed by atoms with Crippen LogP contribution in [0.1, 0.15) is 0 Å². The fourth-order valence-electron chi connectivity index (χ4n) is 1.18. The molecular formula is C10H4Cl4N2. The van der Waals surface area contributed by atoms with E-state index in [1.54, 1.807) is 12.1 Å². The summed E-state index contributed by atoms with van der Waals surface area (Å²) in [6, 6.07) is 3.16. The highest BCUT2D eigenvalue weighted by molar-refractivity contribution is 6.38. The van der Waals surface area contributed by atoms with E-state index in [9.17, 15) is 0 Å². The SMILES string of the molecule is Clc1cnc(-c2ncc(Cl)cc2Cl)c(Cl)c1. The summed E-state index contributed by atoms with van der Waals surface area (Å²) in [5.41, 5.74) is 0.959. The molecule has 0 N–H and O–H groups in total. The average Bonchev–Trinajstić information content (AvgIpc) is 2.19. The van der Waals surface area contributed by atoms with Gasteiger partial charge in [0, 0.05) is 12.4 Å². The lowest BCUT2D eigenvalue weighted by molar-refractivity contribution is 1.25. The molecule has 0 fully saturated rings. The normalized spacial score (nSPS) is 10.5. The summed E-state index contributed by atoms with van der Waals surface area (Å²) in [5.74, 6) is 0. The molecule has 2 aromatic rings. The van der Waals surface area contributed by atoms with E-state index in [1.807, 2.05) is 0 Å². The van der Waals surface area contributed by atoms with Gasteiger partial charge in [-0.15, -0.1) is 0 Å². The molecule has 2 aromatic heterocycles. The number of rotatable bonds is 1. The van der Waals surface area contributed by atoms with Gasteiger partial charge in [0.15, 0.2) is 0 Å². The van der Waals surface area contributed by atoms with Gasteiger partial charge in [-0.1, -0.05) is 46.4 Å². The van der Waals surface area contributed by atoms with E-state index in [2.05, 4.69) is 9.97 Å². The summed E-state index contributed by atoms with van der Waals surface area (Å²) >= 11 is 23.5. The van der Waals surface area contributed by atoms with Crippen LogP contribution in [0.25, 0.3) is 11.4 Å². The highest BCUT2D eigenvalue weighted by atomic mass is 35.5. The summed E-state index contributed by atoms with van der Waals surface area (Å²) < 4.78 is 0. The van der Waals surface area contributed by atoms with Crippen molar-refractivity contribution in [3.63, 3.8) is 0 Å². The van der Waals surface area contributed by atoms with Crippen LogP contribution < -0.4 is 0 Å². The van der Waals surface area contributed by atoms with Gasteiger partial charge in [-0.2, -0.15) is 0 Å². The molecule has 0 unspecified atom stereocenters. The van der Waals surface area contributed by atoms with E-state index in [1.165, 1.54) is 12.4 Å². The lowest BCUT2D eigenvalue weighted by atomic mass is 10.2. The zero-order valence-electron chi connectivity index (χ0n) is 7.72. The molecule has 0 saturated carbocycles. The Hall–Kier alpha value is -0.540. The van der Waals surface area contributed by atoms with Gasteiger partial charge in [-0.3, -0.25) is 9.97 Å². The highest BCUT2D eigenvalue weighted by Gasteiger charge is 2.11. The van der Waals surface area contributed by atoms with Gasteiger partial charge in [0.2, 0.25) is 0 Å². The minimum absolute atomic E-state index is 0.393. The Morgan fingerprint density at radius 3 is 1.38 bits per heavy atom. The Kier molecular flexibility index (Phi) is 3.55. The van der Waals surface area contributed by atoms with Crippen LogP contribution in [0.2, 0.25) is 20.1 Å². The molecule has 0 aromatic carbocycles. The van der Waals surface area contributed by atoms with Crippen molar-refractivity contribution in [2.75, 3.05) is 0 Å². The van der Waals surface area contributed by atoms with E-state index in [0.29, 0.717) is 31.5 Å². The summed E-state index contributed by atoms with van der Waals surface area (Å²) in [7, 11) is 0. The average molecular weight is 294 g/mol. The summed E-state index contributed by atoms with van der Waals surface area (Å²) in [4.78, 5) is 8.17. The van der Waals surface area contributed by atoms with Gasteiger partial charge >= 0.3 is 0 Å². The molecule has 16 heavy (non-hydrogen) atoms. The summed E-state index contributed by atoms with van der Waals surface area (Å²) in [6.07, 6.45) is 2.96. The molecule has 82 valence electrons. The van der Waals surface area contributed by atoms with Crippen LogP contribution in [0.3, 0.4) is 0 Å². The minimum Gasteiger partial charge on any atom is -0.251 e. The predicted octanol–water partition coefficient (Wildman–Crippen LogP) is 4.76. The Balaban J connectivity index is 2.59. The summed E-state index contributed by atoms with van der Waals surface area (Å²) in [6.45, 7) is 0. The van der Waals surface area contributed by atoms with Crippen LogP contribution in [0, 0.1) is 0 Å². The standard InChI is InChI=1S/C10H4Cl4N2/c11-5-1-7(13)9(15-3-5)10-8(14)2-6(12)4-16-10/h1-4H. The molecule has 0 aliphatic rings. The fraction of sp³-hybridized carbons (Fsp3) is 0. The molecular weight excluding hydrogens is 290 g/mol. The maximum absolute atomic E-state index is 6.00. The lowest BCUT2D eigenvalue weighted by Gasteiger charge is -2.05. The van der Waals surface area contributed by atoms with Crippen molar-refractivity contribution >= 4 is 46.4 Å². The molecule has 0 aliphatic carbocycles. The van der Waals surface area contributed by atoms with Crippen LogP contribution in [-0.2, 0) is 0 Å². The molecule has 0 aliphatic heterocycles. The smallest absolute Gasteiger partial charge is 0.109 e. The van der Waals surface area contributed by atoms with Crippen LogP contribution in [-0.4, -0.2) is 9.97 Å². The topological polar surface area (TPSA) is 25.8 Å². The van der Waals surface area contributed by atoms with Crippen molar-refractivity contribution < 1.29 is 0 Å². The second kappa shape index (κ2) is 4.76. The molecule has 6 heteroatoms. The molecule has 0 spiro atoms. The first-order chi connectivity index (χ1) is 7.58. The molecule has 0 radical (unpaired) electrons. The first-order valence-electron chi connectivity index (χ1n) is 4.20. The Bertz CT molecular complexity index is 493. The Morgan fingerprint density at radius 1 is 0.688 bits per heavy atom. The predicted molar refractivity (Wildman–Crippen MR) is 67.5 cm³/mol. The molecule has 0 bridgehead atoms. The molecule has 2 rings (SSSR count). The Labute approximate surface area is 112 Å². The number of hydrogen-bond donors (Lipinski definition) is 0. The van der Waals surface area contributed by atoms with E-state index in [-0.39, 0.29) is 0 Å². The third-order valence-electron chi connectivity index (χ3n) is 1.84. The van der Waals surface area contributed by atoms with E-state index in [0.717, 1.165) is 0 Å². The summed E-state index contributed by atoms with van der Waals surface area (Å²) in [5, 5.41) is 1.70. The monoisotopic (exact) mass is 292 g/mol. The van der Waals surface area contributed by atoms with E-state index in [4.69, 9.17) is 46.4 Å². The second-order valence-electron chi connectivity index (χ2n) is 2.97. The van der Waals surface area contributed by atoms with Crippen molar-refractivity contribution in [1.82, 2.24) is 9.97 Å². The van der Waals surface area contributed by atoms with Gasteiger partial charge in [-0.05, 0) is 12.1 Å². The zero-order valence-corrected chi connectivity index (χ0v) is 10.7. The molecule has 0 saturated heterocycles. The van der Waals surface area contributed by atoms with Gasteiger partial charge in [0.05, 0.1) is 20.1 Å². The van der Waals surface area contributed by atoms with E-state index >= 15 is 0 Å². The van der Waals surface area contributed by atoms with Crippen LogP contribution >= 0.6 is 46.4 Å². The molecule has 2 heterocycles. The van der Waals surface area contributed by atoms with Crippen molar-refractivity contribution in [3.05, 3.63) is 44.6 Å². The van der Waals surface area contributed by atoms with Gasteiger partial charge in [0.25, 0.3) is 0 Å². The largest absolute Gasteiger partial charge is 0.251 e. The van der Waals surface area contributed by atoms with E-state index < -0.39 is 0 Å². The number of aromatic nitrogens is 2. The fourth-order valence-corrected chi connectivity index (χ4v) is 2.12. The quantitative estimate of drug-likeness (QED) is 0.758.